The topological polar surface area (TPSA) is 90.5 Å². The number of carbonyl (C=O) groups excluding carboxylic acids is 3. The summed E-state index contributed by atoms with van der Waals surface area (Å²) in [7, 11) is 0. The van der Waals surface area contributed by atoms with Crippen LogP contribution in [-0.2, 0) is 20.9 Å². The largest absolute Gasteiger partial charge is 0.360 e. The lowest BCUT2D eigenvalue weighted by molar-refractivity contribution is -0.123. The number of anilines is 1. The Morgan fingerprint density at radius 2 is 1.96 bits per heavy atom. The molecule has 1 saturated carbocycles. The van der Waals surface area contributed by atoms with Crippen LogP contribution >= 0.6 is 0 Å². The molecule has 26 heavy (non-hydrogen) atoms. The molecule has 2 fully saturated rings. The Kier molecular flexibility index (Phi) is 5.75. The molecular weight excluding hydrogens is 332 g/mol. The fraction of sp³-hybridized carbons (Fsp3) is 0.526. The van der Waals surface area contributed by atoms with Gasteiger partial charge >= 0.3 is 0 Å². The van der Waals surface area contributed by atoms with Crippen molar-refractivity contribution in [1.29, 1.82) is 0 Å². The summed E-state index contributed by atoms with van der Waals surface area (Å²) in [5.41, 5.74) is 2.01. The third kappa shape index (κ3) is 4.97. The fourth-order valence-corrected chi connectivity index (χ4v) is 3.09. The molecular formula is C19H26N4O3. The molecule has 0 spiro atoms. The average molecular weight is 358 g/mol. The second-order valence-corrected chi connectivity index (χ2v) is 7.08. The summed E-state index contributed by atoms with van der Waals surface area (Å²) in [4.78, 5) is 37.1. The van der Waals surface area contributed by atoms with Crippen molar-refractivity contribution < 1.29 is 14.4 Å². The van der Waals surface area contributed by atoms with Crippen LogP contribution in [0.15, 0.2) is 24.3 Å². The number of amides is 3. The predicted octanol–water partition coefficient (Wildman–Crippen LogP) is 0.401. The van der Waals surface area contributed by atoms with Crippen molar-refractivity contribution in [3.8, 4) is 0 Å². The molecule has 3 N–H and O–H groups in total. The Balaban J connectivity index is 1.36. The second kappa shape index (κ2) is 8.21. The van der Waals surface area contributed by atoms with Gasteiger partial charge in [-0.2, -0.15) is 0 Å². The lowest BCUT2D eigenvalue weighted by Crippen LogP contribution is -2.47. The molecule has 2 unspecified atom stereocenters. The van der Waals surface area contributed by atoms with Gasteiger partial charge in [-0.3, -0.25) is 14.4 Å². The summed E-state index contributed by atoms with van der Waals surface area (Å²) in [5.74, 6) is 0.641. The first-order valence-corrected chi connectivity index (χ1v) is 9.18. The first-order chi connectivity index (χ1) is 12.5. The molecule has 1 aliphatic heterocycles. The quantitative estimate of drug-likeness (QED) is 0.658. The molecule has 0 radical (unpaired) electrons. The van der Waals surface area contributed by atoms with Crippen LogP contribution in [0.25, 0.3) is 0 Å². The number of carbonyl (C=O) groups is 3. The Morgan fingerprint density at radius 1 is 1.23 bits per heavy atom. The molecule has 7 heteroatoms. The monoisotopic (exact) mass is 358 g/mol. The van der Waals surface area contributed by atoms with E-state index in [0.717, 1.165) is 24.2 Å². The van der Waals surface area contributed by atoms with Gasteiger partial charge in [-0.15, -0.1) is 0 Å². The van der Waals surface area contributed by atoms with Gasteiger partial charge in [-0.05, 0) is 30.0 Å². The molecule has 1 aromatic carbocycles. The van der Waals surface area contributed by atoms with Crippen LogP contribution < -0.4 is 20.9 Å². The highest BCUT2D eigenvalue weighted by Crippen LogP contribution is 2.37. The highest BCUT2D eigenvalue weighted by molar-refractivity contribution is 5.83. The molecule has 7 nitrogen and oxygen atoms in total. The van der Waals surface area contributed by atoms with Crippen LogP contribution in [0.1, 0.15) is 25.3 Å². The maximum atomic E-state index is 11.9. The highest BCUT2D eigenvalue weighted by Gasteiger charge is 2.38. The third-order valence-corrected chi connectivity index (χ3v) is 4.93. The minimum Gasteiger partial charge on any atom is -0.360 e. The highest BCUT2D eigenvalue weighted by atomic mass is 16.2. The van der Waals surface area contributed by atoms with E-state index in [9.17, 15) is 14.4 Å². The smallest absolute Gasteiger partial charge is 0.239 e. The molecule has 2 atom stereocenters. The summed E-state index contributed by atoms with van der Waals surface area (Å²) in [6.45, 7) is 4.72. The Morgan fingerprint density at radius 3 is 2.62 bits per heavy atom. The summed E-state index contributed by atoms with van der Waals surface area (Å²) in [6.07, 6.45) is 1.24. The van der Waals surface area contributed by atoms with E-state index >= 15 is 0 Å². The lowest BCUT2D eigenvalue weighted by Gasteiger charge is -2.28. The molecule has 1 saturated heterocycles. The van der Waals surface area contributed by atoms with Crippen molar-refractivity contribution >= 4 is 23.4 Å². The zero-order valence-electron chi connectivity index (χ0n) is 15.1. The number of hydrogen-bond donors (Lipinski definition) is 3. The van der Waals surface area contributed by atoms with Crippen LogP contribution in [-0.4, -0.2) is 43.9 Å². The van der Waals surface area contributed by atoms with Gasteiger partial charge in [0.05, 0.1) is 6.54 Å². The minimum absolute atomic E-state index is 0.0378. The van der Waals surface area contributed by atoms with E-state index in [4.69, 9.17) is 0 Å². The first-order valence-electron chi connectivity index (χ1n) is 9.18. The van der Waals surface area contributed by atoms with Crippen molar-refractivity contribution in [3.05, 3.63) is 29.8 Å². The van der Waals surface area contributed by atoms with Gasteiger partial charge in [0.15, 0.2) is 0 Å². The van der Waals surface area contributed by atoms with Crippen molar-refractivity contribution in [2.75, 3.05) is 31.1 Å². The normalized spacial score (nSPS) is 21.7. The predicted molar refractivity (Wildman–Crippen MR) is 98.4 cm³/mol. The van der Waals surface area contributed by atoms with Crippen LogP contribution in [0, 0.1) is 11.8 Å². The Labute approximate surface area is 153 Å². The number of benzene rings is 1. The molecule has 3 rings (SSSR count). The average Bonchev–Trinajstić information content (AvgIpc) is 3.37. The molecule has 140 valence electrons. The minimum atomic E-state index is -0.0778. The van der Waals surface area contributed by atoms with Crippen LogP contribution in [0.5, 0.6) is 0 Å². The molecule has 0 bridgehead atoms. The van der Waals surface area contributed by atoms with E-state index in [-0.39, 0.29) is 30.1 Å². The van der Waals surface area contributed by atoms with Crippen LogP contribution in [0.2, 0.25) is 0 Å². The van der Waals surface area contributed by atoms with Gasteiger partial charge < -0.3 is 20.9 Å². The molecule has 1 aliphatic carbocycles. The van der Waals surface area contributed by atoms with E-state index in [1.807, 2.05) is 29.2 Å². The van der Waals surface area contributed by atoms with Gasteiger partial charge in [0.25, 0.3) is 0 Å². The summed E-state index contributed by atoms with van der Waals surface area (Å²) in [6, 6.07) is 7.85. The maximum Gasteiger partial charge on any atom is 0.239 e. The fourth-order valence-electron chi connectivity index (χ4n) is 3.09. The molecule has 0 aromatic heterocycles. The van der Waals surface area contributed by atoms with Crippen LogP contribution in [0.4, 0.5) is 5.69 Å². The zero-order chi connectivity index (χ0) is 18.5. The molecule has 3 amide bonds. The Hall–Kier alpha value is -2.57. The van der Waals surface area contributed by atoms with E-state index in [0.29, 0.717) is 32.1 Å². The standard InChI is InChI=1S/C19H26N4O3/c1-13-10-16(13)19(26)21-7-6-17(24)22-11-14-2-4-15(5-3-14)23-9-8-20-18(25)12-23/h2-5,13,16H,6-12H2,1H3,(H,20,25)(H,21,26)(H,22,24). The van der Waals surface area contributed by atoms with Crippen molar-refractivity contribution in [1.82, 2.24) is 16.0 Å². The van der Waals surface area contributed by atoms with Crippen molar-refractivity contribution in [2.45, 2.75) is 26.3 Å². The van der Waals surface area contributed by atoms with Gasteiger partial charge in [-0.1, -0.05) is 19.1 Å². The third-order valence-electron chi connectivity index (χ3n) is 4.93. The number of hydrogen-bond acceptors (Lipinski definition) is 4. The van der Waals surface area contributed by atoms with E-state index in [1.165, 1.54) is 0 Å². The van der Waals surface area contributed by atoms with Gasteiger partial charge in [-0.25, -0.2) is 0 Å². The van der Waals surface area contributed by atoms with E-state index in [1.54, 1.807) is 0 Å². The maximum absolute atomic E-state index is 11.9. The second-order valence-electron chi connectivity index (χ2n) is 7.08. The van der Waals surface area contributed by atoms with Crippen molar-refractivity contribution in [3.63, 3.8) is 0 Å². The van der Waals surface area contributed by atoms with Gasteiger partial charge in [0.1, 0.15) is 0 Å². The van der Waals surface area contributed by atoms with Crippen molar-refractivity contribution in [2.24, 2.45) is 11.8 Å². The number of nitrogens with one attached hydrogen (secondary N) is 3. The summed E-state index contributed by atoms with van der Waals surface area (Å²) >= 11 is 0. The Bertz CT molecular complexity index is 674. The van der Waals surface area contributed by atoms with Gasteiger partial charge in [0, 0.05) is 44.2 Å². The van der Waals surface area contributed by atoms with Crippen LogP contribution in [0.3, 0.4) is 0 Å². The number of rotatable bonds is 7. The SMILES string of the molecule is CC1CC1C(=O)NCCC(=O)NCc1ccc(N2CCNC(=O)C2)cc1. The van der Waals surface area contributed by atoms with E-state index < -0.39 is 0 Å². The number of nitrogens with zero attached hydrogens (tertiary/aromatic N) is 1. The summed E-state index contributed by atoms with van der Waals surface area (Å²) < 4.78 is 0. The molecule has 1 aromatic rings. The lowest BCUT2D eigenvalue weighted by atomic mass is 10.1. The van der Waals surface area contributed by atoms with Gasteiger partial charge in [0.2, 0.25) is 17.7 Å². The first kappa shape index (κ1) is 18.2. The molecule has 2 aliphatic rings. The summed E-state index contributed by atoms with van der Waals surface area (Å²) in [5, 5.41) is 8.48. The molecule has 1 heterocycles. The zero-order valence-corrected chi connectivity index (χ0v) is 15.1. The van der Waals surface area contributed by atoms with E-state index in [2.05, 4.69) is 22.9 Å². The number of piperazine rings is 1.